The maximum atomic E-state index is 6.39. The van der Waals surface area contributed by atoms with Crippen LogP contribution in [-0.4, -0.2) is 32.9 Å². The summed E-state index contributed by atoms with van der Waals surface area (Å²) in [6.45, 7) is 8.35. The fourth-order valence-electron chi connectivity index (χ4n) is 5.37. The zero-order valence-electron chi connectivity index (χ0n) is 23.1. The van der Waals surface area contributed by atoms with Gasteiger partial charge in [-0.1, -0.05) is 91.0 Å². The maximum Gasteiger partial charge on any atom is 0.495 e. The molecule has 7 rings (SSSR count). The Morgan fingerprint density at radius 3 is 2.00 bits per heavy atom. The molecule has 4 aromatic carbocycles. The first-order chi connectivity index (χ1) is 19.3. The van der Waals surface area contributed by atoms with Crippen molar-refractivity contribution in [3.05, 3.63) is 109 Å². The molecule has 6 aromatic rings. The molecule has 1 saturated heterocycles. The van der Waals surface area contributed by atoms with E-state index in [4.69, 9.17) is 19.4 Å². The summed E-state index contributed by atoms with van der Waals surface area (Å²) in [5.41, 5.74) is 6.64. The van der Waals surface area contributed by atoms with Gasteiger partial charge in [-0.25, -0.2) is 9.50 Å². The molecule has 0 radical (unpaired) electrons. The SMILES string of the molecule is CC1(C)OB(c2cccc3c(-c4ccc(-c5nc6ccc(-c7ccccc7)cn6n5)cc4)cccc23)OC1(C)C. The lowest BCUT2D eigenvalue weighted by molar-refractivity contribution is 0.00578. The maximum absolute atomic E-state index is 6.39. The third-order valence-corrected chi connectivity index (χ3v) is 8.36. The summed E-state index contributed by atoms with van der Waals surface area (Å²) >= 11 is 0. The fraction of sp³-hybridized carbons (Fsp3) is 0.176. The third kappa shape index (κ3) is 4.12. The molecule has 2 aromatic heterocycles. The summed E-state index contributed by atoms with van der Waals surface area (Å²) in [4.78, 5) is 4.77. The van der Waals surface area contributed by atoms with Crippen LogP contribution in [-0.2, 0) is 9.31 Å². The van der Waals surface area contributed by atoms with Gasteiger partial charge in [0.25, 0.3) is 0 Å². The van der Waals surface area contributed by atoms with Gasteiger partial charge in [0, 0.05) is 17.3 Å². The topological polar surface area (TPSA) is 48.7 Å². The summed E-state index contributed by atoms with van der Waals surface area (Å²) in [7, 11) is -0.408. The lowest BCUT2D eigenvalue weighted by atomic mass is 9.75. The Balaban J connectivity index is 1.21. The van der Waals surface area contributed by atoms with Crippen molar-refractivity contribution in [1.82, 2.24) is 14.6 Å². The molecule has 0 saturated carbocycles. The number of pyridine rings is 1. The van der Waals surface area contributed by atoms with E-state index in [0.717, 1.165) is 44.3 Å². The molecule has 0 unspecified atom stereocenters. The molecule has 40 heavy (non-hydrogen) atoms. The highest BCUT2D eigenvalue weighted by molar-refractivity contribution is 6.65. The van der Waals surface area contributed by atoms with Crippen LogP contribution in [0.25, 0.3) is 50.1 Å². The highest BCUT2D eigenvalue weighted by Crippen LogP contribution is 2.38. The number of nitrogens with zero attached hydrogens (tertiary/aromatic N) is 3. The van der Waals surface area contributed by atoms with Gasteiger partial charge in [-0.2, -0.15) is 0 Å². The Bertz CT molecular complexity index is 1840. The number of fused-ring (bicyclic) bond motifs is 2. The molecular formula is C34H30BN3O2. The summed E-state index contributed by atoms with van der Waals surface area (Å²) in [5.74, 6) is 0.706. The van der Waals surface area contributed by atoms with Crippen LogP contribution < -0.4 is 5.46 Å². The van der Waals surface area contributed by atoms with E-state index in [9.17, 15) is 0 Å². The molecule has 1 aliphatic heterocycles. The van der Waals surface area contributed by atoms with Gasteiger partial charge in [0.1, 0.15) is 0 Å². The second-order valence-corrected chi connectivity index (χ2v) is 11.4. The van der Waals surface area contributed by atoms with Crippen LogP contribution in [0.3, 0.4) is 0 Å². The Morgan fingerprint density at radius 1 is 0.600 bits per heavy atom. The minimum Gasteiger partial charge on any atom is -0.399 e. The standard InChI is InChI=1S/C34H30BN3O2/c1-33(2)34(3,4)40-35(39-33)30-15-9-13-28-27(12-8-14-29(28)30)24-16-18-25(19-17-24)32-36-31-21-20-26(22-38(31)37-32)23-10-6-5-7-11-23/h5-22H,1-4H3. The van der Waals surface area contributed by atoms with Gasteiger partial charge >= 0.3 is 7.12 Å². The van der Waals surface area contributed by atoms with Crippen molar-refractivity contribution in [3.63, 3.8) is 0 Å². The zero-order valence-corrected chi connectivity index (χ0v) is 23.1. The molecule has 0 atom stereocenters. The van der Waals surface area contributed by atoms with Gasteiger partial charge in [-0.3, -0.25) is 0 Å². The van der Waals surface area contributed by atoms with Crippen LogP contribution in [0.2, 0.25) is 0 Å². The Hall–Kier alpha value is -4.26. The molecule has 0 N–H and O–H groups in total. The van der Waals surface area contributed by atoms with E-state index in [1.165, 1.54) is 5.39 Å². The molecule has 5 nitrogen and oxygen atoms in total. The molecule has 0 spiro atoms. The molecule has 0 bridgehead atoms. The first-order valence-corrected chi connectivity index (χ1v) is 13.7. The van der Waals surface area contributed by atoms with Crippen LogP contribution in [0, 0.1) is 0 Å². The molecule has 196 valence electrons. The van der Waals surface area contributed by atoms with Crippen molar-refractivity contribution in [1.29, 1.82) is 0 Å². The van der Waals surface area contributed by atoms with Crippen LogP contribution in [0.15, 0.2) is 109 Å². The summed E-state index contributed by atoms with van der Waals surface area (Å²) in [6, 6.07) is 35.7. The first kappa shape index (κ1) is 24.8. The van der Waals surface area contributed by atoms with Crippen LogP contribution in [0.1, 0.15) is 27.7 Å². The lowest BCUT2D eigenvalue weighted by Crippen LogP contribution is -2.41. The zero-order chi connectivity index (χ0) is 27.5. The van der Waals surface area contributed by atoms with E-state index >= 15 is 0 Å². The first-order valence-electron chi connectivity index (χ1n) is 13.7. The van der Waals surface area contributed by atoms with E-state index in [2.05, 4.69) is 107 Å². The molecule has 3 heterocycles. The third-order valence-electron chi connectivity index (χ3n) is 8.36. The van der Waals surface area contributed by atoms with Crippen molar-refractivity contribution in [3.8, 4) is 33.6 Å². The number of hydrogen-bond acceptors (Lipinski definition) is 4. The van der Waals surface area contributed by atoms with E-state index in [1.54, 1.807) is 0 Å². The second kappa shape index (κ2) is 9.15. The summed E-state index contributed by atoms with van der Waals surface area (Å²) in [6.07, 6.45) is 2.03. The van der Waals surface area contributed by atoms with Crippen molar-refractivity contribution in [2.24, 2.45) is 0 Å². The Kier molecular flexibility index (Phi) is 5.67. The smallest absolute Gasteiger partial charge is 0.399 e. The lowest BCUT2D eigenvalue weighted by Gasteiger charge is -2.32. The average molecular weight is 523 g/mol. The van der Waals surface area contributed by atoms with Crippen LogP contribution in [0.4, 0.5) is 0 Å². The van der Waals surface area contributed by atoms with E-state index in [-0.39, 0.29) is 11.2 Å². The van der Waals surface area contributed by atoms with E-state index < -0.39 is 7.12 Å². The summed E-state index contributed by atoms with van der Waals surface area (Å²) < 4.78 is 14.6. The van der Waals surface area contributed by atoms with Crippen LogP contribution in [0.5, 0.6) is 0 Å². The number of aromatic nitrogens is 3. The molecule has 1 aliphatic rings. The van der Waals surface area contributed by atoms with Gasteiger partial charge in [0.05, 0.1) is 11.2 Å². The van der Waals surface area contributed by atoms with E-state index in [0.29, 0.717) is 5.82 Å². The largest absolute Gasteiger partial charge is 0.495 e. The normalized spacial score (nSPS) is 16.1. The predicted molar refractivity (Wildman–Crippen MR) is 163 cm³/mol. The quantitative estimate of drug-likeness (QED) is 0.230. The molecular weight excluding hydrogens is 493 g/mol. The van der Waals surface area contributed by atoms with Crippen molar-refractivity contribution in [2.45, 2.75) is 38.9 Å². The Labute approximate surface area is 234 Å². The predicted octanol–water partition coefficient (Wildman–Crippen LogP) is 7.18. The number of rotatable bonds is 4. The second-order valence-electron chi connectivity index (χ2n) is 11.4. The van der Waals surface area contributed by atoms with Crippen molar-refractivity contribution < 1.29 is 9.31 Å². The Morgan fingerprint density at radius 2 is 1.25 bits per heavy atom. The molecule has 6 heteroatoms. The highest BCUT2D eigenvalue weighted by atomic mass is 16.7. The van der Waals surface area contributed by atoms with E-state index in [1.807, 2.05) is 35.0 Å². The van der Waals surface area contributed by atoms with Gasteiger partial charge in [0.15, 0.2) is 11.5 Å². The van der Waals surface area contributed by atoms with Gasteiger partial charge in [-0.05, 0) is 72.8 Å². The summed E-state index contributed by atoms with van der Waals surface area (Å²) in [5, 5.41) is 7.08. The molecule has 0 amide bonds. The highest BCUT2D eigenvalue weighted by Gasteiger charge is 2.52. The molecule has 0 aliphatic carbocycles. The monoisotopic (exact) mass is 523 g/mol. The fourth-order valence-corrected chi connectivity index (χ4v) is 5.37. The van der Waals surface area contributed by atoms with Gasteiger partial charge < -0.3 is 9.31 Å². The van der Waals surface area contributed by atoms with Crippen molar-refractivity contribution in [2.75, 3.05) is 0 Å². The molecule has 1 fully saturated rings. The van der Waals surface area contributed by atoms with Gasteiger partial charge in [0.2, 0.25) is 0 Å². The average Bonchev–Trinajstić information content (AvgIpc) is 3.49. The van der Waals surface area contributed by atoms with Crippen molar-refractivity contribution >= 4 is 29.0 Å². The van der Waals surface area contributed by atoms with Crippen LogP contribution >= 0.6 is 0 Å². The minimum absolute atomic E-state index is 0.387. The van der Waals surface area contributed by atoms with Gasteiger partial charge in [-0.15, -0.1) is 5.10 Å². The minimum atomic E-state index is -0.408. The number of benzene rings is 4. The number of hydrogen-bond donors (Lipinski definition) is 0.